The first-order valence-corrected chi connectivity index (χ1v) is 8.60. The lowest BCUT2D eigenvalue weighted by Gasteiger charge is -2.39. The molecule has 1 aliphatic heterocycles. The smallest absolute Gasteiger partial charge is 0.242 e. The summed E-state index contributed by atoms with van der Waals surface area (Å²) in [7, 11) is 0. The van der Waals surface area contributed by atoms with Gasteiger partial charge in [-0.2, -0.15) is 5.10 Å². The summed E-state index contributed by atoms with van der Waals surface area (Å²) in [6, 6.07) is 0. The van der Waals surface area contributed by atoms with Gasteiger partial charge in [0, 0.05) is 32.4 Å². The van der Waals surface area contributed by atoms with Gasteiger partial charge in [0.05, 0.1) is 22.8 Å². The van der Waals surface area contributed by atoms with Gasteiger partial charge in [0.15, 0.2) is 5.65 Å². The normalized spacial score (nSPS) is 19.1. The Morgan fingerprint density at radius 3 is 2.58 bits per heavy atom. The van der Waals surface area contributed by atoms with Crippen molar-refractivity contribution in [3.05, 3.63) is 18.0 Å². The summed E-state index contributed by atoms with van der Waals surface area (Å²) >= 11 is 0. The van der Waals surface area contributed by atoms with E-state index in [1.165, 1.54) is 24.1 Å². The van der Waals surface area contributed by atoms with Crippen LogP contribution in [-0.2, 0) is 4.79 Å². The molecule has 0 radical (unpaired) electrons. The van der Waals surface area contributed by atoms with Gasteiger partial charge in [0.25, 0.3) is 0 Å². The number of carbonyl (C=O) groups excluding carboxylic acids is 1. The van der Waals surface area contributed by atoms with Gasteiger partial charge < -0.3 is 15.5 Å². The van der Waals surface area contributed by atoms with E-state index in [0.717, 1.165) is 24.1 Å². The van der Waals surface area contributed by atoms with Crippen LogP contribution in [0.4, 0.5) is 5.69 Å². The van der Waals surface area contributed by atoms with Crippen LogP contribution in [-0.4, -0.2) is 57.7 Å². The second-order valence-corrected chi connectivity index (χ2v) is 7.47. The van der Waals surface area contributed by atoms with E-state index < -0.39 is 5.54 Å². The maximum absolute atomic E-state index is 12.4. The number of rotatable bonds is 3. The number of aromatic amines is 1. The van der Waals surface area contributed by atoms with Crippen molar-refractivity contribution in [2.24, 2.45) is 5.73 Å². The van der Waals surface area contributed by atoms with Crippen molar-refractivity contribution in [2.45, 2.75) is 38.1 Å². The second-order valence-electron chi connectivity index (χ2n) is 7.47. The predicted molar refractivity (Wildman–Crippen MR) is 92.9 cm³/mol. The van der Waals surface area contributed by atoms with Gasteiger partial charge in [-0.25, -0.2) is 4.98 Å². The van der Waals surface area contributed by atoms with Gasteiger partial charge in [0.1, 0.15) is 0 Å². The molecule has 1 saturated heterocycles. The maximum Gasteiger partial charge on any atom is 0.242 e. The van der Waals surface area contributed by atoms with Crippen LogP contribution in [0.3, 0.4) is 0 Å². The molecule has 1 saturated carbocycles. The summed E-state index contributed by atoms with van der Waals surface area (Å²) in [5, 5.41) is 8.20. The Morgan fingerprint density at radius 2 is 1.96 bits per heavy atom. The van der Waals surface area contributed by atoms with E-state index in [2.05, 4.69) is 20.1 Å². The average molecular weight is 328 g/mol. The number of carbonyl (C=O) groups is 1. The van der Waals surface area contributed by atoms with Crippen LogP contribution in [0.5, 0.6) is 0 Å². The highest BCUT2D eigenvalue weighted by molar-refractivity contribution is 5.91. The van der Waals surface area contributed by atoms with Crippen LogP contribution in [0.15, 0.2) is 12.4 Å². The molecular formula is C17H24N6O. The van der Waals surface area contributed by atoms with Gasteiger partial charge in [0.2, 0.25) is 5.91 Å². The Morgan fingerprint density at radius 1 is 1.25 bits per heavy atom. The SMILES string of the molecule is CC(C)(N)C(=O)N1CCN(c2c(C3CC3)cnc3[nH]ncc23)CC1. The first-order valence-electron chi connectivity index (χ1n) is 8.60. The van der Waals surface area contributed by atoms with Crippen LogP contribution in [0.1, 0.15) is 38.2 Å². The fraction of sp³-hybridized carbons (Fsp3) is 0.588. The number of pyridine rings is 1. The summed E-state index contributed by atoms with van der Waals surface area (Å²) in [6.45, 7) is 6.56. The van der Waals surface area contributed by atoms with Gasteiger partial charge >= 0.3 is 0 Å². The molecule has 128 valence electrons. The minimum atomic E-state index is -0.810. The molecule has 3 N–H and O–H groups in total. The Kier molecular flexibility index (Phi) is 3.49. The lowest BCUT2D eigenvalue weighted by molar-refractivity contribution is -0.136. The first-order chi connectivity index (χ1) is 11.4. The van der Waals surface area contributed by atoms with Gasteiger partial charge in [-0.3, -0.25) is 9.89 Å². The van der Waals surface area contributed by atoms with Crippen molar-refractivity contribution in [1.29, 1.82) is 0 Å². The van der Waals surface area contributed by atoms with E-state index >= 15 is 0 Å². The van der Waals surface area contributed by atoms with Crippen molar-refractivity contribution in [3.63, 3.8) is 0 Å². The fourth-order valence-corrected chi connectivity index (χ4v) is 3.49. The number of nitrogens with one attached hydrogen (secondary N) is 1. The topological polar surface area (TPSA) is 91.1 Å². The molecule has 3 heterocycles. The molecule has 0 spiro atoms. The summed E-state index contributed by atoms with van der Waals surface area (Å²) in [6.07, 6.45) is 6.33. The minimum Gasteiger partial charge on any atom is -0.367 e. The maximum atomic E-state index is 12.4. The highest BCUT2D eigenvalue weighted by Gasteiger charge is 2.33. The molecule has 0 aromatic carbocycles. The minimum absolute atomic E-state index is 0.0211. The molecule has 0 unspecified atom stereocenters. The molecule has 2 fully saturated rings. The summed E-state index contributed by atoms with van der Waals surface area (Å²) in [4.78, 5) is 21.1. The van der Waals surface area contributed by atoms with E-state index in [4.69, 9.17) is 5.73 Å². The summed E-state index contributed by atoms with van der Waals surface area (Å²) in [5.74, 6) is 0.641. The largest absolute Gasteiger partial charge is 0.367 e. The van der Waals surface area contributed by atoms with Gasteiger partial charge in [-0.1, -0.05) is 0 Å². The van der Waals surface area contributed by atoms with Crippen LogP contribution in [0.2, 0.25) is 0 Å². The third kappa shape index (κ3) is 2.62. The quantitative estimate of drug-likeness (QED) is 0.884. The van der Waals surface area contributed by atoms with E-state index in [1.807, 2.05) is 17.3 Å². The Hall–Kier alpha value is -2.15. The van der Waals surface area contributed by atoms with Crippen LogP contribution >= 0.6 is 0 Å². The van der Waals surface area contributed by atoms with E-state index in [-0.39, 0.29) is 5.91 Å². The third-order valence-corrected chi connectivity index (χ3v) is 4.93. The van der Waals surface area contributed by atoms with Crippen LogP contribution in [0, 0.1) is 0 Å². The molecule has 2 aliphatic rings. The third-order valence-electron chi connectivity index (χ3n) is 4.93. The number of aromatic nitrogens is 3. The molecule has 0 atom stereocenters. The van der Waals surface area contributed by atoms with Crippen molar-refractivity contribution in [1.82, 2.24) is 20.1 Å². The Balaban J connectivity index is 1.60. The molecule has 0 bridgehead atoms. The average Bonchev–Trinajstić information content (AvgIpc) is 3.29. The van der Waals surface area contributed by atoms with Crippen LogP contribution in [0.25, 0.3) is 11.0 Å². The number of anilines is 1. The number of hydrogen-bond acceptors (Lipinski definition) is 5. The Labute approximate surface area is 141 Å². The number of nitrogens with zero attached hydrogens (tertiary/aromatic N) is 4. The molecule has 2 aromatic rings. The summed E-state index contributed by atoms with van der Waals surface area (Å²) in [5.41, 5.74) is 8.55. The summed E-state index contributed by atoms with van der Waals surface area (Å²) < 4.78 is 0. The molecule has 24 heavy (non-hydrogen) atoms. The van der Waals surface area contributed by atoms with E-state index in [9.17, 15) is 4.79 Å². The molecule has 1 amide bonds. The standard InChI is InChI=1S/C17H24N6O/c1-17(2,18)16(24)23-7-5-22(6-8-23)14-12(11-3-4-11)9-19-15-13(14)10-20-21-15/h9-11H,3-8,18H2,1-2H3,(H,19,20,21). The van der Waals surface area contributed by atoms with Gasteiger partial charge in [-0.05, 0) is 38.2 Å². The molecule has 7 nitrogen and oxygen atoms in total. The number of piperazine rings is 1. The van der Waals surface area contributed by atoms with Crippen molar-refractivity contribution in [3.8, 4) is 0 Å². The van der Waals surface area contributed by atoms with Crippen molar-refractivity contribution in [2.75, 3.05) is 31.1 Å². The zero-order chi connectivity index (χ0) is 16.9. The number of nitrogens with two attached hydrogens (primary N) is 1. The number of amides is 1. The lowest BCUT2D eigenvalue weighted by Crippen LogP contribution is -2.57. The lowest BCUT2D eigenvalue weighted by atomic mass is 10.0. The fourth-order valence-electron chi connectivity index (χ4n) is 3.49. The monoisotopic (exact) mass is 328 g/mol. The highest BCUT2D eigenvalue weighted by Crippen LogP contribution is 2.46. The molecule has 4 rings (SSSR count). The number of fused-ring (bicyclic) bond motifs is 1. The van der Waals surface area contributed by atoms with Gasteiger partial charge in [-0.15, -0.1) is 0 Å². The first kappa shape index (κ1) is 15.4. The second kappa shape index (κ2) is 5.44. The molecule has 2 aromatic heterocycles. The van der Waals surface area contributed by atoms with Crippen molar-refractivity contribution >= 4 is 22.6 Å². The molecular weight excluding hydrogens is 304 g/mol. The zero-order valence-electron chi connectivity index (χ0n) is 14.2. The molecule has 1 aliphatic carbocycles. The van der Waals surface area contributed by atoms with Crippen LogP contribution < -0.4 is 10.6 Å². The van der Waals surface area contributed by atoms with E-state index in [0.29, 0.717) is 19.0 Å². The van der Waals surface area contributed by atoms with E-state index in [1.54, 1.807) is 13.8 Å². The predicted octanol–water partition coefficient (Wildman–Crippen LogP) is 1.22. The number of hydrogen-bond donors (Lipinski definition) is 2. The zero-order valence-corrected chi connectivity index (χ0v) is 14.2. The molecule has 7 heteroatoms. The number of H-pyrrole nitrogens is 1. The highest BCUT2D eigenvalue weighted by atomic mass is 16.2. The van der Waals surface area contributed by atoms with Crippen molar-refractivity contribution < 1.29 is 4.79 Å². The Bertz CT molecular complexity index is 765.